The van der Waals surface area contributed by atoms with Gasteiger partial charge in [-0.15, -0.1) is 0 Å². The highest BCUT2D eigenvalue weighted by Crippen LogP contribution is 2.35. The fourth-order valence-corrected chi connectivity index (χ4v) is 3.44. The second-order valence-corrected chi connectivity index (χ2v) is 6.78. The Kier molecular flexibility index (Phi) is 3.63. The first-order chi connectivity index (χ1) is 10.8. The molecule has 2 atom stereocenters. The number of nitrogens with two attached hydrogens (primary N) is 1. The van der Waals surface area contributed by atoms with Gasteiger partial charge in [0.25, 0.3) is 0 Å². The number of benzene rings is 2. The van der Waals surface area contributed by atoms with Gasteiger partial charge in [-0.1, -0.05) is 36.4 Å². The summed E-state index contributed by atoms with van der Waals surface area (Å²) >= 11 is 0. The predicted molar refractivity (Wildman–Crippen MR) is 89.2 cm³/mol. The number of hydrogen-bond acceptors (Lipinski definition) is 2. The van der Waals surface area contributed by atoms with E-state index in [1.165, 1.54) is 29.5 Å². The summed E-state index contributed by atoms with van der Waals surface area (Å²) in [5, 5.41) is 0. The molecule has 0 radical (unpaired) electrons. The van der Waals surface area contributed by atoms with Gasteiger partial charge in [0.05, 0.1) is 6.61 Å². The lowest BCUT2D eigenvalue weighted by atomic mass is 9.91. The highest BCUT2D eigenvalue weighted by molar-refractivity contribution is 5.39. The largest absolute Gasteiger partial charge is 0.493 e. The van der Waals surface area contributed by atoms with E-state index in [9.17, 15) is 0 Å². The van der Waals surface area contributed by atoms with E-state index in [0.29, 0.717) is 5.92 Å². The molecule has 0 bridgehead atoms. The molecule has 0 heterocycles. The molecule has 2 aliphatic carbocycles. The third kappa shape index (κ3) is 2.89. The van der Waals surface area contributed by atoms with Gasteiger partial charge >= 0.3 is 0 Å². The Labute approximate surface area is 132 Å². The fourth-order valence-electron chi connectivity index (χ4n) is 3.44. The summed E-state index contributed by atoms with van der Waals surface area (Å²) in [6.45, 7) is 0.875. The average Bonchev–Trinajstić information content (AvgIpc) is 3.32. The molecule has 2 aromatic carbocycles. The molecule has 114 valence electrons. The lowest BCUT2D eigenvalue weighted by Gasteiger charge is -2.17. The minimum Gasteiger partial charge on any atom is -0.493 e. The summed E-state index contributed by atoms with van der Waals surface area (Å²) in [7, 11) is 0. The van der Waals surface area contributed by atoms with Crippen molar-refractivity contribution in [3.05, 3.63) is 65.2 Å². The van der Waals surface area contributed by atoms with Crippen LogP contribution >= 0.6 is 0 Å². The normalized spacial score (nSPS) is 23.3. The summed E-state index contributed by atoms with van der Waals surface area (Å²) in [5.74, 6) is 2.23. The highest BCUT2D eigenvalue weighted by Gasteiger charge is 2.29. The first kappa shape index (κ1) is 13.8. The van der Waals surface area contributed by atoms with Crippen LogP contribution in [0.2, 0.25) is 0 Å². The SMILES string of the molecule is N[C@H]1Cc2ccccc2[C@H]1Cc1ccc(OCC2CC2)cc1. The van der Waals surface area contributed by atoms with E-state index in [1.807, 2.05) is 0 Å². The van der Waals surface area contributed by atoms with Crippen molar-refractivity contribution >= 4 is 0 Å². The van der Waals surface area contributed by atoms with Crippen LogP contribution in [-0.2, 0) is 12.8 Å². The van der Waals surface area contributed by atoms with Crippen LogP contribution in [0, 0.1) is 5.92 Å². The van der Waals surface area contributed by atoms with Crippen LogP contribution in [-0.4, -0.2) is 12.6 Å². The van der Waals surface area contributed by atoms with Crippen LogP contribution in [0.4, 0.5) is 0 Å². The van der Waals surface area contributed by atoms with Crippen molar-refractivity contribution in [2.24, 2.45) is 11.7 Å². The van der Waals surface area contributed by atoms with Gasteiger partial charge in [-0.3, -0.25) is 0 Å². The minimum absolute atomic E-state index is 0.239. The first-order valence-electron chi connectivity index (χ1n) is 8.35. The van der Waals surface area contributed by atoms with E-state index in [0.717, 1.165) is 31.1 Å². The van der Waals surface area contributed by atoms with E-state index in [1.54, 1.807) is 0 Å². The zero-order valence-corrected chi connectivity index (χ0v) is 12.9. The zero-order valence-electron chi connectivity index (χ0n) is 12.9. The molecule has 1 fully saturated rings. The van der Waals surface area contributed by atoms with E-state index >= 15 is 0 Å². The lowest BCUT2D eigenvalue weighted by Crippen LogP contribution is -2.26. The smallest absolute Gasteiger partial charge is 0.119 e. The molecule has 0 aromatic heterocycles. The highest BCUT2D eigenvalue weighted by atomic mass is 16.5. The molecule has 0 amide bonds. The number of rotatable bonds is 5. The summed E-state index contributed by atoms with van der Waals surface area (Å²) in [4.78, 5) is 0. The topological polar surface area (TPSA) is 35.2 Å². The van der Waals surface area contributed by atoms with E-state index < -0.39 is 0 Å². The molecule has 2 nitrogen and oxygen atoms in total. The molecule has 22 heavy (non-hydrogen) atoms. The lowest BCUT2D eigenvalue weighted by molar-refractivity contribution is 0.299. The van der Waals surface area contributed by atoms with E-state index in [-0.39, 0.29) is 6.04 Å². The second kappa shape index (κ2) is 5.77. The van der Waals surface area contributed by atoms with Crippen molar-refractivity contribution in [1.82, 2.24) is 0 Å². The molecule has 0 saturated heterocycles. The van der Waals surface area contributed by atoms with Crippen LogP contribution in [0.15, 0.2) is 48.5 Å². The maximum Gasteiger partial charge on any atom is 0.119 e. The number of hydrogen-bond donors (Lipinski definition) is 1. The summed E-state index contributed by atoms with van der Waals surface area (Å²) in [6, 6.07) is 17.5. The Bertz CT molecular complexity index is 645. The standard InChI is InChI=1S/C20H23NO/c21-20-12-16-3-1-2-4-18(16)19(20)11-14-7-9-17(10-8-14)22-13-15-5-6-15/h1-4,7-10,15,19-20H,5-6,11-13,21H2/t19-,20+/m1/s1. The van der Waals surface area contributed by atoms with Crippen molar-refractivity contribution in [2.75, 3.05) is 6.61 Å². The molecule has 0 aliphatic heterocycles. The molecule has 1 saturated carbocycles. The van der Waals surface area contributed by atoms with E-state index in [2.05, 4.69) is 48.5 Å². The first-order valence-corrected chi connectivity index (χ1v) is 8.35. The maximum atomic E-state index is 6.37. The predicted octanol–water partition coefficient (Wildman–Crippen LogP) is 3.69. The van der Waals surface area contributed by atoms with Gasteiger partial charge in [0.1, 0.15) is 5.75 Å². The Morgan fingerprint density at radius 3 is 2.55 bits per heavy atom. The van der Waals surface area contributed by atoms with Crippen LogP contribution < -0.4 is 10.5 Å². The maximum absolute atomic E-state index is 6.37. The monoisotopic (exact) mass is 293 g/mol. The van der Waals surface area contributed by atoms with Gasteiger partial charge < -0.3 is 10.5 Å². The Balaban J connectivity index is 1.44. The Morgan fingerprint density at radius 1 is 1.00 bits per heavy atom. The third-order valence-electron chi connectivity index (χ3n) is 4.99. The molecule has 2 aliphatic rings. The molecule has 4 rings (SSSR count). The Hall–Kier alpha value is -1.80. The Morgan fingerprint density at radius 2 is 1.77 bits per heavy atom. The molecule has 2 N–H and O–H groups in total. The number of ether oxygens (including phenoxy) is 1. The van der Waals surface area contributed by atoms with Crippen molar-refractivity contribution < 1.29 is 4.74 Å². The van der Waals surface area contributed by atoms with Crippen LogP contribution in [0.1, 0.15) is 35.4 Å². The summed E-state index contributed by atoms with van der Waals surface area (Å²) < 4.78 is 5.81. The van der Waals surface area contributed by atoms with Crippen LogP contribution in [0.5, 0.6) is 5.75 Å². The molecular weight excluding hydrogens is 270 g/mol. The molecule has 0 unspecified atom stereocenters. The van der Waals surface area contributed by atoms with Crippen molar-refractivity contribution in [3.8, 4) is 5.75 Å². The van der Waals surface area contributed by atoms with Gasteiger partial charge in [0.2, 0.25) is 0 Å². The molecule has 2 aromatic rings. The second-order valence-electron chi connectivity index (χ2n) is 6.78. The van der Waals surface area contributed by atoms with Crippen LogP contribution in [0.25, 0.3) is 0 Å². The van der Waals surface area contributed by atoms with Crippen molar-refractivity contribution in [1.29, 1.82) is 0 Å². The molecular formula is C20H23NO. The van der Waals surface area contributed by atoms with Crippen LogP contribution in [0.3, 0.4) is 0 Å². The fraction of sp³-hybridized carbons (Fsp3) is 0.400. The quantitative estimate of drug-likeness (QED) is 0.912. The average molecular weight is 293 g/mol. The van der Waals surface area contributed by atoms with Crippen molar-refractivity contribution in [3.63, 3.8) is 0 Å². The summed E-state index contributed by atoms with van der Waals surface area (Å²) in [6.07, 6.45) is 4.68. The third-order valence-corrected chi connectivity index (χ3v) is 4.99. The summed E-state index contributed by atoms with van der Waals surface area (Å²) in [5.41, 5.74) is 10.6. The van der Waals surface area contributed by atoms with Gasteiger partial charge in [-0.05, 0) is 60.4 Å². The zero-order chi connectivity index (χ0) is 14.9. The van der Waals surface area contributed by atoms with E-state index in [4.69, 9.17) is 10.5 Å². The van der Waals surface area contributed by atoms with Gasteiger partial charge in [-0.25, -0.2) is 0 Å². The molecule has 0 spiro atoms. The number of fused-ring (bicyclic) bond motifs is 1. The van der Waals surface area contributed by atoms with Crippen molar-refractivity contribution in [2.45, 2.75) is 37.6 Å². The van der Waals surface area contributed by atoms with Gasteiger partial charge in [0.15, 0.2) is 0 Å². The van der Waals surface area contributed by atoms with Gasteiger partial charge in [-0.2, -0.15) is 0 Å². The van der Waals surface area contributed by atoms with Gasteiger partial charge in [0, 0.05) is 12.0 Å². The minimum atomic E-state index is 0.239. The molecule has 2 heteroatoms.